The first-order valence-corrected chi connectivity index (χ1v) is 8.16. The Morgan fingerprint density at radius 1 is 1.41 bits per heavy atom. The van der Waals surface area contributed by atoms with Crippen LogP contribution in [0, 0.1) is 11.8 Å². The third-order valence-corrected chi connectivity index (χ3v) is 4.97. The molecule has 1 aromatic rings. The van der Waals surface area contributed by atoms with Crippen LogP contribution >= 0.6 is 0 Å². The quantitative estimate of drug-likeness (QED) is 0.933. The predicted molar refractivity (Wildman–Crippen MR) is 85.2 cm³/mol. The number of nitrogens with zero attached hydrogens (tertiary/aromatic N) is 1. The third-order valence-electron chi connectivity index (χ3n) is 4.97. The first-order valence-electron chi connectivity index (χ1n) is 8.16. The Bertz CT molecular complexity index is 582. The molecule has 1 saturated heterocycles. The van der Waals surface area contributed by atoms with Crippen molar-refractivity contribution in [2.24, 2.45) is 11.8 Å². The highest BCUT2D eigenvalue weighted by Gasteiger charge is 2.38. The number of fused-ring (bicyclic) bond motifs is 3. The van der Waals surface area contributed by atoms with Crippen LogP contribution in [-0.2, 0) is 11.2 Å². The molecule has 4 heteroatoms. The van der Waals surface area contributed by atoms with Crippen molar-refractivity contribution in [3.8, 4) is 11.5 Å². The SMILES string of the molecule is COc1cc2c(cc1O)[C@@H]1CC(=O)[C@@H](CC(C)C)CN1CC2. The van der Waals surface area contributed by atoms with Crippen molar-refractivity contribution < 1.29 is 14.6 Å². The van der Waals surface area contributed by atoms with Crippen molar-refractivity contribution in [1.82, 2.24) is 4.90 Å². The van der Waals surface area contributed by atoms with Crippen molar-refractivity contribution in [1.29, 1.82) is 0 Å². The van der Waals surface area contributed by atoms with E-state index in [1.165, 1.54) is 5.56 Å². The monoisotopic (exact) mass is 303 g/mol. The van der Waals surface area contributed by atoms with E-state index in [-0.39, 0.29) is 17.7 Å². The molecule has 1 N–H and O–H groups in total. The van der Waals surface area contributed by atoms with Crippen molar-refractivity contribution in [2.75, 3.05) is 20.2 Å². The van der Waals surface area contributed by atoms with Crippen LogP contribution in [0.4, 0.5) is 0 Å². The van der Waals surface area contributed by atoms with E-state index in [1.807, 2.05) is 6.07 Å². The van der Waals surface area contributed by atoms with E-state index >= 15 is 0 Å². The van der Waals surface area contributed by atoms with Crippen LogP contribution in [0.1, 0.15) is 43.9 Å². The van der Waals surface area contributed by atoms with Gasteiger partial charge in [-0.05, 0) is 42.0 Å². The summed E-state index contributed by atoms with van der Waals surface area (Å²) in [6.45, 7) is 6.19. The van der Waals surface area contributed by atoms with Gasteiger partial charge in [0, 0.05) is 31.5 Å². The molecule has 0 aromatic heterocycles. The summed E-state index contributed by atoms with van der Waals surface area (Å²) in [5, 5.41) is 10.1. The van der Waals surface area contributed by atoms with Crippen molar-refractivity contribution >= 4 is 5.78 Å². The van der Waals surface area contributed by atoms with Gasteiger partial charge in [0.15, 0.2) is 11.5 Å². The second-order valence-corrected chi connectivity index (χ2v) is 6.98. The number of hydrogen-bond acceptors (Lipinski definition) is 4. The Balaban J connectivity index is 1.87. The highest BCUT2D eigenvalue weighted by Crippen LogP contribution is 2.42. The van der Waals surface area contributed by atoms with Crippen LogP contribution in [0.15, 0.2) is 12.1 Å². The molecule has 0 spiro atoms. The van der Waals surface area contributed by atoms with Gasteiger partial charge in [0.05, 0.1) is 7.11 Å². The number of carbonyl (C=O) groups excluding carboxylic acids is 1. The van der Waals surface area contributed by atoms with Crippen LogP contribution in [0.2, 0.25) is 0 Å². The fourth-order valence-electron chi connectivity index (χ4n) is 3.91. The Kier molecular flexibility index (Phi) is 4.13. The van der Waals surface area contributed by atoms with E-state index in [0.29, 0.717) is 23.9 Å². The lowest BCUT2D eigenvalue weighted by Crippen LogP contribution is -2.46. The minimum Gasteiger partial charge on any atom is -0.504 e. The van der Waals surface area contributed by atoms with Crippen LogP contribution in [0.5, 0.6) is 11.5 Å². The molecule has 0 radical (unpaired) electrons. The van der Waals surface area contributed by atoms with E-state index in [1.54, 1.807) is 13.2 Å². The van der Waals surface area contributed by atoms with Crippen LogP contribution in [0.3, 0.4) is 0 Å². The number of phenolic OH excluding ortho intramolecular Hbond substituents is 1. The summed E-state index contributed by atoms with van der Waals surface area (Å²) in [4.78, 5) is 14.9. The molecule has 0 amide bonds. The van der Waals surface area contributed by atoms with Gasteiger partial charge in [-0.15, -0.1) is 0 Å². The fourth-order valence-corrected chi connectivity index (χ4v) is 3.91. The van der Waals surface area contributed by atoms with Gasteiger partial charge in [0.2, 0.25) is 0 Å². The molecular formula is C18H25NO3. The summed E-state index contributed by atoms with van der Waals surface area (Å²) in [7, 11) is 1.57. The summed E-state index contributed by atoms with van der Waals surface area (Å²) < 4.78 is 5.20. The number of carbonyl (C=O) groups is 1. The summed E-state index contributed by atoms with van der Waals surface area (Å²) in [6.07, 6.45) is 2.49. The number of benzene rings is 1. The molecule has 2 aliphatic heterocycles. The summed E-state index contributed by atoms with van der Waals surface area (Å²) >= 11 is 0. The fraction of sp³-hybridized carbons (Fsp3) is 0.611. The number of phenols is 1. The molecule has 2 heterocycles. The van der Waals surface area contributed by atoms with Crippen LogP contribution in [-0.4, -0.2) is 36.0 Å². The number of rotatable bonds is 3. The van der Waals surface area contributed by atoms with Gasteiger partial charge in [-0.3, -0.25) is 9.69 Å². The van der Waals surface area contributed by atoms with Crippen molar-refractivity contribution in [3.05, 3.63) is 23.3 Å². The lowest BCUT2D eigenvalue weighted by atomic mass is 9.80. The molecule has 1 aromatic carbocycles. The van der Waals surface area contributed by atoms with Crippen LogP contribution < -0.4 is 4.74 Å². The summed E-state index contributed by atoms with van der Waals surface area (Å²) in [6, 6.07) is 3.84. The van der Waals surface area contributed by atoms with Crippen molar-refractivity contribution in [3.63, 3.8) is 0 Å². The zero-order valence-electron chi connectivity index (χ0n) is 13.6. The number of methoxy groups -OCH3 is 1. The van der Waals surface area contributed by atoms with E-state index < -0.39 is 0 Å². The molecule has 0 bridgehead atoms. The molecule has 2 aliphatic rings. The number of ketones is 1. The number of hydrogen-bond donors (Lipinski definition) is 1. The van der Waals surface area contributed by atoms with E-state index in [0.717, 1.165) is 31.5 Å². The maximum absolute atomic E-state index is 12.5. The molecule has 120 valence electrons. The first kappa shape index (κ1) is 15.3. The number of ether oxygens (including phenoxy) is 1. The molecule has 0 saturated carbocycles. The maximum atomic E-state index is 12.5. The lowest BCUT2D eigenvalue weighted by Gasteiger charge is -2.43. The van der Waals surface area contributed by atoms with Gasteiger partial charge in [0.25, 0.3) is 0 Å². The number of piperidine rings is 1. The largest absolute Gasteiger partial charge is 0.504 e. The second kappa shape index (κ2) is 5.92. The average Bonchev–Trinajstić information content (AvgIpc) is 2.47. The summed E-state index contributed by atoms with van der Waals surface area (Å²) in [5.41, 5.74) is 2.30. The zero-order chi connectivity index (χ0) is 15.9. The normalized spacial score (nSPS) is 25.0. The minimum atomic E-state index is 0.122. The Labute approximate surface area is 132 Å². The number of Topliss-reactive ketones (excluding diaryl/α,β-unsaturated/α-hetero) is 1. The van der Waals surface area contributed by atoms with Gasteiger partial charge >= 0.3 is 0 Å². The van der Waals surface area contributed by atoms with Gasteiger partial charge in [-0.25, -0.2) is 0 Å². The van der Waals surface area contributed by atoms with Gasteiger partial charge in [-0.2, -0.15) is 0 Å². The van der Waals surface area contributed by atoms with E-state index in [2.05, 4.69) is 18.7 Å². The van der Waals surface area contributed by atoms with E-state index in [9.17, 15) is 9.90 Å². The highest BCUT2D eigenvalue weighted by molar-refractivity contribution is 5.83. The Hall–Kier alpha value is -1.55. The molecule has 2 atom stereocenters. The van der Waals surface area contributed by atoms with E-state index in [4.69, 9.17) is 4.74 Å². The summed E-state index contributed by atoms with van der Waals surface area (Å²) in [5.74, 6) is 1.78. The maximum Gasteiger partial charge on any atom is 0.160 e. The van der Waals surface area contributed by atoms with Gasteiger partial charge in [0.1, 0.15) is 5.78 Å². The molecule has 22 heavy (non-hydrogen) atoms. The third kappa shape index (κ3) is 2.72. The average molecular weight is 303 g/mol. The lowest BCUT2D eigenvalue weighted by molar-refractivity contribution is -0.129. The standard InChI is InChI=1S/C18H25NO3/c1-11(2)6-13-10-19-5-4-12-7-18(22-3)17(21)8-14(12)15(19)9-16(13)20/h7-8,11,13,15,21H,4-6,9-10H2,1-3H3/t13-,15-/m0/s1. The number of aromatic hydroxyl groups is 1. The second-order valence-electron chi connectivity index (χ2n) is 6.98. The molecule has 3 rings (SSSR count). The molecule has 0 unspecified atom stereocenters. The molecule has 4 nitrogen and oxygen atoms in total. The first-order chi connectivity index (χ1) is 10.5. The molecular weight excluding hydrogens is 278 g/mol. The molecule has 1 fully saturated rings. The highest BCUT2D eigenvalue weighted by atomic mass is 16.5. The van der Waals surface area contributed by atoms with Gasteiger partial charge in [-0.1, -0.05) is 13.8 Å². The molecule has 0 aliphatic carbocycles. The zero-order valence-corrected chi connectivity index (χ0v) is 13.6. The Morgan fingerprint density at radius 3 is 2.86 bits per heavy atom. The van der Waals surface area contributed by atoms with Crippen LogP contribution in [0.25, 0.3) is 0 Å². The van der Waals surface area contributed by atoms with Crippen molar-refractivity contribution in [2.45, 2.75) is 39.2 Å². The minimum absolute atomic E-state index is 0.122. The van der Waals surface area contributed by atoms with Gasteiger partial charge < -0.3 is 9.84 Å². The topological polar surface area (TPSA) is 49.8 Å². The predicted octanol–water partition coefficient (Wildman–Crippen LogP) is 2.94. The Morgan fingerprint density at radius 2 is 2.18 bits per heavy atom. The smallest absolute Gasteiger partial charge is 0.160 e.